The Kier molecular flexibility index (Phi) is 6.50. The van der Waals surface area contributed by atoms with Crippen molar-refractivity contribution in [2.24, 2.45) is 0 Å². The summed E-state index contributed by atoms with van der Waals surface area (Å²) >= 11 is 6.09. The predicted octanol–water partition coefficient (Wildman–Crippen LogP) is 3.45. The van der Waals surface area contributed by atoms with E-state index in [1.807, 2.05) is 25.1 Å². The van der Waals surface area contributed by atoms with Gasteiger partial charge in [-0.05, 0) is 36.8 Å². The second kappa shape index (κ2) is 8.42. The number of nitrogens with zero attached hydrogens (tertiary/aromatic N) is 1. The molecular formula is C18H21ClN2O4S. The first kappa shape index (κ1) is 20.1. The normalized spacial score (nSPS) is 11.1. The molecule has 0 unspecified atom stereocenters. The largest absolute Gasteiger partial charge is 0.495 e. The van der Waals surface area contributed by atoms with Gasteiger partial charge in [0.2, 0.25) is 15.9 Å². The van der Waals surface area contributed by atoms with Gasteiger partial charge in [0.15, 0.2) is 0 Å². The van der Waals surface area contributed by atoms with Crippen LogP contribution < -0.4 is 14.4 Å². The van der Waals surface area contributed by atoms with E-state index in [9.17, 15) is 13.2 Å². The summed E-state index contributed by atoms with van der Waals surface area (Å²) in [5, 5.41) is 3.09. The van der Waals surface area contributed by atoms with Crippen LogP contribution in [0.1, 0.15) is 12.0 Å². The number of benzene rings is 2. The number of anilines is 2. The minimum atomic E-state index is -3.58. The number of halogens is 1. The summed E-state index contributed by atoms with van der Waals surface area (Å²) < 4.78 is 30.5. The number of hydrogen-bond acceptors (Lipinski definition) is 4. The summed E-state index contributed by atoms with van der Waals surface area (Å²) in [5.41, 5.74) is 2.01. The average molecular weight is 397 g/mol. The third-order valence-electron chi connectivity index (χ3n) is 3.78. The number of aryl methyl sites for hydroxylation is 1. The SMILES string of the molecule is COc1ccc(N(CCC(=O)Nc2ccccc2C)S(C)(=O)=O)cc1Cl. The quantitative estimate of drug-likeness (QED) is 0.777. The van der Waals surface area contributed by atoms with Gasteiger partial charge >= 0.3 is 0 Å². The van der Waals surface area contributed by atoms with Crippen LogP contribution in [0.2, 0.25) is 5.02 Å². The van der Waals surface area contributed by atoms with Crippen LogP contribution in [0.4, 0.5) is 11.4 Å². The van der Waals surface area contributed by atoms with Crippen molar-refractivity contribution >= 4 is 38.9 Å². The monoisotopic (exact) mass is 396 g/mol. The lowest BCUT2D eigenvalue weighted by molar-refractivity contribution is -0.116. The van der Waals surface area contributed by atoms with Crippen LogP contribution in [0.25, 0.3) is 0 Å². The fourth-order valence-electron chi connectivity index (χ4n) is 2.43. The van der Waals surface area contributed by atoms with Crippen LogP contribution in [-0.2, 0) is 14.8 Å². The lowest BCUT2D eigenvalue weighted by atomic mass is 10.2. The molecule has 0 fully saturated rings. The van der Waals surface area contributed by atoms with E-state index >= 15 is 0 Å². The Balaban J connectivity index is 2.13. The van der Waals surface area contributed by atoms with E-state index in [-0.39, 0.29) is 18.9 Å². The first-order chi connectivity index (χ1) is 12.2. The zero-order chi connectivity index (χ0) is 19.3. The molecular weight excluding hydrogens is 376 g/mol. The number of para-hydroxylation sites is 1. The van der Waals surface area contributed by atoms with Crippen LogP contribution in [0, 0.1) is 6.92 Å². The van der Waals surface area contributed by atoms with Gasteiger partial charge in [0.25, 0.3) is 0 Å². The Morgan fingerprint density at radius 1 is 1.23 bits per heavy atom. The van der Waals surface area contributed by atoms with Gasteiger partial charge < -0.3 is 10.1 Å². The zero-order valence-corrected chi connectivity index (χ0v) is 16.4. The molecule has 0 saturated heterocycles. The molecule has 2 aromatic rings. The molecule has 0 aromatic heterocycles. The van der Waals surface area contributed by atoms with Crippen molar-refractivity contribution in [3.05, 3.63) is 53.1 Å². The molecule has 26 heavy (non-hydrogen) atoms. The van der Waals surface area contributed by atoms with Crippen molar-refractivity contribution in [1.29, 1.82) is 0 Å². The molecule has 1 N–H and O–H groups in total. The number of nitrogens with one attached hydrogen (secondary N) is 1. The molecule has 0 bridgehead atoms. The standard InChI is InChI=1S/C18H21ClN2O4S/c1-13-6-4-5-7-16(13)20-18(22)10-11-21(26(3,23)24)14-8-9-17(25-2)15(19)12-14/h4-9,12H,10-11H2,1-3H3,(H,20,22). The minimum Gasteiger partial charge on any atom is -0.495 e. The predicted molar refractivity (Wildman–Crippen MR) is 105 cm³/mol. The molecule has 2 rings (SSSR count). The molecule has 0 aliphatic rings. The third kappa shape index (κ3) is 5.12. The van der Waals surface area contributed by atoms with E-state index in [0.717, 1.165) is 16.1 Å². The van der Waals surface area contributed by atoms with E-state index in [0.29, 0.717) is 22.1 Å². The van der Waals surface area contributed by atoms with Crippen LogP contribution in [-0.4, -0.2) is 34.2 Å². The summed E-state index contributed by atoms with van der Waals surface area (Å²) in [4.78, 5) is 12.2. The Morgan fingerprint density at radius 2 is 1.92 bits per heavy atom. The molecule has 0 heterocycles. The number of ether oxygens (including phenoxy) is 1. The number of hydrogen-bond donors (Lipinski definition) is 1. The third-order valence-corrected chi connectivity index (χ3v) is 5.27. The van der Waals surface area contributed by atoms with Gasteiger partial charge in [-0.3, -0.25) is 9.10 Å². The average Bonchev–Trinajstić information content (AvgIpc) is 2.56. The molecule has 8 heteroatoms. The van der Waals surface area contributed by atoms with E-state index in [4.69, 9.17) is 16.3 Å². The maximum Gasteiger partial charge on any atom is 0.232 e. The van der Waals surface area contributed by atoms with Crippen LogP contribution in [0.5, 0.6) is 5.75 Å². The Morgan fingerprint density at radius 3 is 2.50 bits per heavy atom. The number of carbonyl (C=O) groups excluding carboxylic acids is 1. The van der Waals surface area contributed by atoms with Crippen molar-refractivity contribution in [3.63, 3.8) is 0 Å². The molecule has 0 saturated carbocycles. The van der Waals surface area contributed by atoms with Crippen molar-refractivity contribution in [2.75, 3.05) is 29.5 Å². The van der Waals surface area contributed by atoms with Crippen LogP contribution >= 0.6 is 11.6 Å². The second-order valence-corrected chi connectivity index (χ2v) is 8.08. The lowest BCUT2D eigenvalue weighted by Gasteiger charge is -2.23. The van der Waals surface area contributed by atoms with E-state index in [1.54, 1.807) is 18.2 Å². The number of methoxy groups -OCH3 is 1. The maximum absolute atomic E-state index is 12.2. The van der Waals surface area contributed by atoms with Gasteiger partial charge in [-0.2, -0.15) is 0 Å². The number of amides is 1. The molecule has 0 aliphatic carbocycles. The fraction of sp³-hybridized carbons (Fsp3) is 0.278. The molecule has 0 radical (unpaired) electrons. The summed E-state index contributed by atoms with van der Waals surface area (Å²) in [5.74, 6) is 0.175. The van der Waals surface area contributed by atoms with Crippen molar-refractivity contribution in [3.8, 4) is 5.75 Å². The highest BCUT2D eigenvalue weighted by Crippen LogP contribution is 2.30. The summed E-state index contributed by atoms with van der Waals surface area (Å²) in [7, 11) is -2.10. The number of sulfonamides is 1. The smallest absolute Gasteiger partial charge is 0.232 e. The highest BCUT2D eigenvalue weighted by Gasteiger charge is 2.20. The number of rotatable bonds is 7. The molecule has 6 nitrogen and oxygen atoms in total. The number of carbonyl (C=O) groups is 1. The first-order valence-corrected chi connectivity index (χ1v) is 10.1. The molecule has 2 aromatic carbocycles. The Labute approximate surface area is 158 Å². The summed E-state index contributed by atoms with van der Waals surface area (Å²) in [6.07, 6.45) is 1.09. The van der Waals surface area contributed by atoms with Gasteiger partial charge in [0, 0.05) is 18.7 Å². The molecule has 1 amide bonds. The van der Waals surface area contributed by atoms with Crippen molar-refractivity contribution < 1.29 is 17.9 Å². The molecule has 0 aliphatic heterocycles. The zero-order valence-electron chi connectivity index (χ0n) is 14.8. The second-order valence-electron chi connectivity index (χ2n) is 5.77. The fourth-order valence-corrected chi connectivity index (χ4v) is 3.60. The van der Waals surface area contributed by atoms with Gasteiger partial charge in [0.05, 0.1) is 24.1 Å². The molecule has 0 spiro atoms. The molecule has 0 atom stereocenters. The van der Waals surface area contributed by atoms with Gasteiger partial charge in [-0.25, -0.2) is 8.42 Å². The highest BCUT2D eigenvalue weighted by atomic mass is 35.5. The van der Waals surface area contributed by atoms with Crippen molar-refractivity contribution in [1.82, 2.24) is 0 Å². The van der Waals surface area contributed by atoms with E-state index < -0.39 is 10.0 Å². The lowest BCUT2D eigenvalue weighted by Crippen LogP contribution is -2.33. The Hall–Kier alpha value is -2.25. The van der Waals surface area contributed by atoms with Gasteiger partial charge in [-0.15, -0.1) is 0 Å². The van der Waals surface area contributed by atoms with Gasteiger partial charge in [0.1, 0.15) is 5.75 Å². The van der Waals surface area contributed by atoms with Crippen LogP contribution in [0.15, 0.2) is 42.5 Å². The summed E-state index contributed by atoms with van der Waals surface area (Å²) in [6.45, 7) is 1.89. The Bertz CT molecular complexity index is 900. The topological polar surface area (TPSA) is 75.7 Å². The van der Waals surface area contributed by atoms with E-state index in [2.05, 4.69) is 5.32 Å². The van der Waals surface area contributed by atoms with E-state index in [1.165, 1.54) is 13.2 Å². The van der Waals surface area contributed by atoms with Crippen LogP contribution in [0.3, 0.4) is 0 Å². The minimum absolute atomic E-state index is 0.000788. The highest BCUT2D eigenvalue weighted by molar-refractivity contribution is 7.92. The van der Waals surface area contributed by atoms with Gasteiger partial charge in [-0.1, -0.05) is 29.8 Å². The summed E-state index contributed by atoms with van der Waals surface area (Å²) in [6, 6.07) is 12.1. The molecule has 140 valence electrons. The maximum atomic E-state index is 12.2. The van der Waals surface area contributed by atoms with Crippen molar-refractivity contribution in [2.45, 2.75) is 13.3 Å². The first-order valence-electron chi connectivity index (χ1n) is 7.89.